The number of fused-ring (bicyclic) bond motifs is 1. The molecular formula is C21H23NO3. The zero-order chi connectivity index (χ0) is 18.1. The number of anilines is 1. The third-order valence-corrected chi connectivity index (χ3v) is 4.52. The molecule has 0 unspecified atom stereocenters. The third-order valence-electron chi connectivity index (χ3n) is 4.52. The smallest absolute Gasteiger partial charge is 0.291 e. The van der Waals surface area contributed by atoms with Crippen molar-refractivity contribution in [3.8, 4) is 5.75 Å². The molecule has 130 valence electrons. The first kappa shape index (κ1) is 17.1. The van der Waals surface area contributed by atoms with E-state index in [1.807, 2.05) is 50.2 Å². The molecule has 0 saturated carbocycles. The minimum atomic E-state index is -0.233. The molecule has 0 aliphatic rings. The van der Waals surface area contributed by atoms with Crippen molar-refractivity contribution < 1.29 is 13.9 Å². The number of ether oxygens (including phenoxy) is 1. The van der Waals surface area contributed by atoms with Gasteiger partial charge in [-0.3, -0.25) is 4.79 Å². The Labute approximate surface area is 147 Å². The minimum Gasteiger partial charge on any atom is -0.497 e. The van der Waals surface area contributed by atoms with E-state index < -0.39 is 0 Å². The summed E-state index contributed by atoms with van der Waals surface area (Å²) < 4.78 is 11.1. The summed E-state index contributed by atoms with van der Waals surface area (Å²) in [7, 11) is 1.62. The van der Waals surface area contributed by atoms with Gasteiger partial charge in [-0.05, 0) is 49.1 Å². The van der Waals surface area contributed by atoms with Crippen molar-refractivity contribution in [2.75, 3.05) is 12.4 Å². The number of amides is 1. The molecule has 0 radical (unpaired) electrons. The van der Waals surface area contributed by atoms with Gasteiger partial charge in [0.1, 0.15) is 11.3 Å². The molecule has 0 aliphatic heterocycles. The Kier molecular flexibility index (Phi) is 4.53. The van der Waals surface area contributed by atoms with E-state index >= 15 is 0 Å². The number of aryl methyl sites for hydroxylation is 2. The standard InChI is InChI=1S/C21H23NO3/c1-12(2)16-8-6-7-13(3)19(16)22-21(23)20-14(4)17-11-15(24-5)9-10-18(17)25-20/h6-12H,1-5H3,(H,22,23). The van der Waals surface area contributed by atoms with E-state index in [9.17, 15) is 4.79 Å². The molecule has 0 atom stereocenters. The van der Waals surface area contributed by atoms with Gasteiger partial charge in [0.15, 0.2) is 5.76 Å². The summed E-state index contributed by atoms with van der Waals surface area (Å²) in [5, 5.41) is 3.93. The van der Waals surface area contributed by atoms with Crippen LogP contribution in [0.1, 0.15) is 47.0 Å². The molecule has 1 N–H and O–H groups in total. The molecule has 0 aliphatic carbocycles. The van der Waals surface area contributed by atoms with E-state index in [4.69, 9.17) is 9.15 Å². The van der Waals surface area contributed by atoms with Crippen LogP contribution in [0.25, 0.3) is 11.0 Å². The monoisotopic (exact) mass is 337 g/mol. The summed E-state index contributed by atoms with van der Waals surface area (Å²) in [5.41, 5.74) is 4.50. The molecule has 3 aromatic rings. The quantitative estimate of drug-likeness (QED) is 0.690. The summed E-state index contributed by atoms with van der Waals surface area (Å²) in [6, 6.07) is 11.6. The van der Waals surface area contributed by atoms with Crippen LogP contribution in [-0.4, -0.2) is 13.0 Å². The van der Waals surface area contributed by atoms with Crippen LogP contribution >= 0.6 is 0 Å². The largest absolute Gasteiger partial charge is 0.497 e. The van der Waals surface area contributed by atoms with E-state index in [1.165, 1.54) is 0 Å². The fourth-order valence-corrected chi connectivity index (χ4v) is 3.06. The highest BCUT2D eigenvalue weighted by molar-refractivity contribution is 6.07. The number of furan rings is 1. The van der Waals surface area contributed by atoms with Gasteiger partial charge in [0.25, 0.3) is 5.91 Å². The predicted molar refractivity (Wildman–Crippen MR) is 101 cm³/mol. The van der Waals surface area contributed by atoms with Gasteiger partial charge in [-0.1, -0.05) is 32.0 Å². The first-order valence-electron chi connectivity index (χ1n) is 8.40. The normalized spacial score (nSPS) is 11.1. The topological polar surface area (TPSA) is 51.5 Å². The van der Waals surface area contributed by atoms with Gasteiger partial charge in [0.05, 0.1) is 7.11 Å². The number of hydrogen-bond donors (Lipinski definition) is 1. The Bertz CT molecular complexity index is 938. The van der Waals surface area contributed by atoms with Gasteiger partial charge in [0, 0.05) is 16.6 Å². The van der Waals surface area contributed by atoms with E-state index in [0.29, 0.717) is 17.3 Å². The SMILES string of the molecule is COc1ccc2oc(C(=O)Nc3c(C)cccc3C(C)C)c(C)c2c1. The van der Waals surface area contributed by atoms with E-state index in [0.717, 1.165) is 33.5 Å². The van der Waals surface area contributed by atoms with Crippen LogP contribution in [-0.2, 0) is 0 Å². The van der Waals surface area contributed by atoms with Crippen molar-refractivity contribution >= 4 is 22.6 Å². The summed E-state index contributed by atoms with van der Waals surface area (Å²) in [6.07, 6.45) is 0. The molecule has 4 heteroatoms. The van der Waals surface area contributed by atoms with Gasteiger partial charge >= 0.3 is 0 Å². The lowest BCUT2D eigenvalue weighted by Crippen LogP contribution is -2.15. The molecule has 1 heterocycles. The van der Waals surface area contributed by atoms with Crippen molar-refractivity contribution in [2.24, 2.45) is 0 Å². The molecule has 4 nitrogen and oxygen atoms in total. The van der Waals surface area contributed by atoms with Gasteiger partial charge in [-0.25, -0.2) is 0 Å². The third kappa shape index (κ3) is 3.12. The number of rotatable bonds is 4. The van der Waals surface area contributed by atoms with Crippen LogP contribution in [0.4, 0.5) is 5.69 Å². The Hall–Kier alpha value is -2.75. The average Bonchev–Trinajstić information content (AvgIpc) is 2.92. The van der Waals surface area contributed by atoms with Crippen molar-refractivity contribution in [3.63, 3.8) is 0 Å². The Morgan fingerprint density at radius 3 is 2.60 bits per heavy atom. The lowest BCUT2D eigenvalue weighted by molar-refractivity contribution is 0.0997. The van der Waals surface area contributed by atoms with Crippen LogP contribution in [0, 0.1) is 13.8 Å². The van der Waals surface area contributed by atoms with E-state index in [1.54, 1.807) is 7.11 Å². The molecule has 2 aromatic carbocycles. The zero-order valence-electron chi connectivity index (χ0n) is 15.3. The molecule has 1 aromatic heterocycles. The van der Waals surface area contributed by atoms with Crippen LogP contribution < -0.4 is 10.1 Å². The molecule has 0 spiro atoms. The minimum absolute atomic E-state index is 0.233. The van der Waals surface area contributed by atoms with E-state index in [2.05, 4.69) is 19.2 Å². The van der Waals surface area contributed by atoms with Crippen molar-refractivity contribution in [1.82, 2.24) is 0 Å². The van der Waals surface area contributed by atoms with Crippen LogP contribution in [0.2, 0.25) is 0 Å². The number of para-hydroxylation sites is 1. The van der Waals surface area contributed by atoms with Gasteiger partial charge < -0.3 is 14.5 Å². The summed E-state index contributed by atoms with van der Waals surface area (Å²) in [5.74, 6) is 1.16. The Morgan fingerprint density at radius 2 is 1.92 bits per heavy atom. The van der Waals surface area contributed by atoms with E-state index in [-0.39, 0.29) is 5.91 Å². The molecule has 1 amide bonds. The molecule has 0 bridgehead atoms. The molecule has 3 rings (SSSR count). The van der Waals surface area contributed by atoms with Gasteiger partial charge in [-0.2, -0.15) is 0 Å². The van der Waals surface area contributed by atoms with Crippen molar-refractivity contribution in [2.45, 2.75) is 33.6 Å². The highest BCUT2D eigenvalue weighted by Gasteiger charge is 2.20. The number of hydrogen-bond acceptors (Lipinski definition) is 3. The van der Waals surface area contributed by atoms with Crippen LogP contribution in [0.3, 0.4) is 0 Å². The van der Waals surface area contributed by atoms with Crippen LogP contribution in [0.5, 0.6) is 5.75 Å². The maximum Gasteiger partial charge on any atom is 0.291 e. The molecular weight excluding hydrogens is 314 g/mol. The second kappa shape index (κ2) is 6.63. The van der Waals surface area contributed by atoms with Gasteiger partial charge in [-0.15, -0.1) is 0 Å². The van der Waals surface area contributed by atoms with Crippen LogP contribution in [0.15, 0.2) is 40.8 Å². The fraction of sp³-hybridized carbons (Fsp3) is 0.286. The Balaban J connectivity index is 2.00. The maximum atomic E-state index is 12.8. The maximum absolute atomic E-state index is 12.8. The second-order valence-electron chi connectivity index (χ2n) is 6.57. The van der Waals surface area contributed by atoms with Crippen molar-refractivity contribution in [3.05, 3.63) is 58.8 Å². The number of nitrogens with one attached hydrogen (secondary N) is 1. The lowest BCUT2D eigenvalue weighted by Gasteiger charge is -2.16. The number of carbonyl (C=O) groups excluding carboxylic acids is 1. The summed E-state index contributed by atoms with van der Waals surface area (Å²) in [4.78, 5) is 12.8. The molecule has 0 saturated heterocycles. The number of methoxy groups -OCH3 is 1. The molecule has 25 heavy (non-hydrogen) atoms. The Morgan fingerprint density at radius 1 is 1.16 bits per heavy atom. The summed E-state index contributed by atoms with van der Waals surface area (Å²) in [6.45, 7) is 8.12. The lowest BCUT2D eigenvalue weighted by atomic mass is 9.98. The first-order chi connectivity index (χ1) is 11.9. The second-order valence-corrected chi connectivity index (χ2v) is 6.57. The highest BCUT2D eigenvalue weighted by Crippen LogP contribution is 2.31. The number of benzene rings is 2. The molecule has 0 fully saturated rings. The average molecular weight is 337 g/mol. The van der Waals surface area contributed by atoms with Crippen molar-refractivity contribution in [1.29, 1.82) is 0 Å². The fourth-order valence-electron chi connectivity index (χ4n) is 3.06. The predicted octanol–water partition coefficient (Wildman–Crippen LogP) is 5.43. The van der Waals surface area contributed by atoms with Gasteiger partial charge in [0.2, 0.25) is 0 Å². The first-order valence-corrected chi connectivity index (χ1v) is 8.40. The highest BCUT2D eigenvalue weighted by atomic mass is 16.5. The zero-order valence-corrected chi connectivity index (χ0v) is 15.3. The summed E-state index contributed by atoms with van der Waals surface area (Å²) >= 11 is 0. The number of carbonyl (C=O) groups is 1.